The standard InChI is InChI=1S/C24H22N6O2/c31-23(25-12-14-28-13-6-11-26-28)17-30-24(32)22-15-19-9-4-5-10-21(19)29(22)16-20(27-30)18-7-2-1-3-8-18/h1-11,13,15H,12,14,16-17H2,(H,25,31). The summed E-state index contributed by atoms with van der Waals surface area (Å²) in [6, 6.07) is 21.3. The number of carbonyl (C=O) groups is 2. The predicted octanol–water partition coefficient (Wildman–Crippen LogP) is 2.51. The van der Waals surface area contributed by atoms with Crippen molar-refractivity contribution in [2.75, 3.05) is 13.1 Å². The number of hydrogen-bond acceptors (Lipinski definition) is 4. The second-order valence-electron chi connectivity index (χ2n) is 7.57. The van der Waals surface area contributed by atoms with E-state index < -0.39 is 0 Å². The minimum atomic E-state index is -0.297. The second kappa shape index (κ2) is 8.50. The third-order valence-corrected chi connectivity index (χ3v) is 5.44. The molecule has 0 aliphatic carbocycles. The van der Waals surface area contributed by atoms with E-state index in [1.165, 1.54) is 5.01 Å². The van der Waals surface area contributed by atoms with E-state index in [9.17, 15) is 9.59 Å². The van der Waals surface area contributed by atoms with Crippen LogP contribution in [0.25, 0.3) is 10.9 Å². The van der Waals surface area contributed by atoms with Crippen LogP contribution in [0.15, 0.2) is 84.2 Å². The van der Waals surface area contributed by atoms with Crippen molar-refractivity contribution in [3.8, 4) is 0 Å². The van der Waals surface area contributed by atoms with Gasteiger partial charge in [-0.3, -0.25) is 14.3 Å². The van der Waals surface area contributed by atoms with Gasteiger partial charge in [-0.2, -0.15) is 10.2 Å². The van der Waals surface area contributed by atoms with Crippen LogP contribution in [-0.2, 0) is 17.9 Å². The first kappa shape index (κ1) is 19.7. The number of hydrazone groups is 1. The summed E-state index contributed by atoms with van der Waals surface area (Å²) in [6.45, 7) is 1.25. The topological polar surface area (TPSA) is 84.5 Å². The number of benzene rings is 2. The molecule has 0 bridgehead atoms. The van der Waals surface area contributed by atoms with Crippen LogP contribution in [0.1, 0.15) is 16.1 Å². The van der Waals surface area contributed by atoms with Crippen LogP contribution < -0.4 is 5.32 Å². The lowest BCUT2D eigenvalue weighted by atomic mass is 10.1. The van der Waals surface area contributed by atoms with Crippen LogP contribution in [0.3, 0.4) is 0 Å². The summed E-state index contributed by atoms with van der Waals surface area (Å²) < 4.78 is 3.71. The SMILES string of the molecule is O=C(CN1N=C(c2ccccc2)Cn2c(cc3ccccc32)C1=O)NCCn1cccn1. The molecule has 1 aliphatic rings. The molecule has 4 aromatic rings. The van der Waals surface area contributed by atoms with Crippen LogP contribution in [0.5, 0.6) is 0 Å². The summed E-state index contributed by atoms with van der Waals surface area (Å²) in [5.41, 5.74) is 3.12. The number of rotatable bonds is 6. The van der Waals surface area contributed by atoms with Gasteiger partial charge in [0, 0.05) is 29.8 Å². The highest BCUT2D eigenvalue weighted by Crippen LogP contribution is 2.24. The Kier molecular flexibility index (Phi) is 5.25. The number of para-hydroxylation sites is 1. The summed E-state index contributed by atoms with van der Waals surface area (Å²) in [6.07, 6.45) is 3.52. The zero-order valence-electron chi connectivity index (χ0n) is 17.4. The lowest BCUT2D eigenvalue weighted by molar-refractivity contribution is -0.121. The Morgan fingerprint density at radius 2 is 1.84 bits per heavy atom. The molecular weight excluding hydrogens is 404 g/mol. The zero-order valence-corrected chi connectivity index (χ0v) is 17.4. The number of amides is 2. The maximum atomic E-state index is 13.4. The molecule has 0 spiro atoms. The van der Waals surface area contributed by atoms with E-state index >= 15 is 0 Å². The number of nitrogens with zero attached hydrogens (tertiary/aromatic N) is 5. The number of aromatic nitrogens is 3. The molecule has 0 fully saturated rings. The van der Waals surface area contributed by atoms with Crippen molar-refractivity contribution in [3.05, 3.63) is 90.4 Å². The second-order valence-corrected chi connectivity index (χ2v) is 7.57. The van der Waals surface area contributed by atoms with E-state index in [1.807, 2.05) is 77.5 Å². The van der Waals surface area contributed by atoms with Gasteiger partial charge in [-0.1, -0.05) is 48.5 Å². The van der Waals surface area contributed by atoms with Crippen molar-refractivity contribution < 1.29 is 9.59 Å². The smallest absolute Gasteiger partial charge is 0.291 e. The molecule has 2 aromatic carbocycles. The molecule has 8 heteroatoms. The Labute approximate surface area is 184 Å². The molecule has 3 heterocycles. The number of fused-ring (bicyclic) bond motifs is 3. The summed E-state index contributed by atoms with van der Waals surface area (Å²) in [4.78, 5) is 26.0. The summed E-state index contributed by atoms with van der Waals surface area (Å²) >= 11 is 0. The Bertz CT molecular complexity index is 1290. The molecule has 0 saturated heterocycles. The van der Waals surface area contributed by atoms with Gasteiger partial charge in [0.2, 0.25) is 5.91 Å². The highest BCUT2D eigenvalue weighted by molar-refractivity contribution is 6.07. The molecule has 0 radical (unpaired) electrons. The molecule has 2 amide bonds. The Morgan fingerprint density at radius 1 is 1.03 bits per heavy atom. The molecule has 5 rings (SSSR count). The molecule has 0 saturated carbocycles. The van der Waals surface area contributed by atoms with Crippen molar-refractivity contribution in [2.45, 2.75) is 13.1 Å². The summed E-state index contributed by atoms with van der Waals surface area (Å²) in [7, 11) is 0. The van der Waals surface area contributed by atoms with Gasteiger partial charge in [0.05, 0.1) is 18.8 Å². The van der Waals surface area contributed by atoms with Crippen molar-refractivity contribution >= 4 is 28.4 Å². The van der Waals surface area contributed by atoms with E-state index in [0.29, 0.717) is 25.3 Å². The molecule has 1 aliphatic heterocycles. The molecule has 0 unspecified atom stereocenters. The largest absolute Gasteiger partial charge is 0.353 e. The molecule has 2 aromatic heterocycles. The number of nitrogens with one attached hydrogen (secondary N) is 1. The van der Waals surface area contributed by atoms with Gasteiger partial charge in [-0.25, -0.2) is 5.01 Å². The van der Waals surface area contributed by atoms with Crippen LogP contribution in [0.2, 0.25) is 0 Å². The van der Waals surface area contributed by atoms with Gasteiger partial charge in [-0.05, 0) is 23.8 Å². The molecular formula is C24H22N6O2. The number of carbonyl (C=O) groups excluding carboxylic acids is 2. The average Bonchev–Trinajstić information content (AvgIpc) is 3.43. The minimum absolute atomic E-state index is 0.157. The molecule has 0 atom stereocenters. The highest BCUT2D eigenvalue weighted by atomic mass is 16.2. The van der Waals surface area contributed by atoms with Crippen molar-refractivity contribution in [1.82, 2.24) is 24.7 Å². The fraction of sp³-hybridized carbons (Fsp3) is 0.167. The fourth-order valence-corrected chi connectivity index (χ4v) is 3.88. The van der Waals surface area contributed by atoms with Crippen molar-refractivity contribution in [1.29, 1.82) is 0 Å². The van der Waals surface area contributed by atoms with Crippen LogP contribution in [0.4, 0.5) is 0 Å². The van der Waals surface area contributed by atoms with E-state index in [0.717, 1.165) is 22.2 Å². The van der Waals surface area contributed by atoms with Gasteiger partial charge in [0.15, 0.2) is 0 Å². The van der Waals surface area contributed by atoms with Crippen LogP contribution in [0, 0.1) is 0 Å². The predicted molar refractivity (Wildman–Crippen MR) is 121 cm³/mol. The van der Waals surface area contributed by atoms with E-state index in [-0.39, 0.29) is 18.4 Å². The fourth-order valence-electron chi connectivity index (χ4n) is 3.88. The number of hydrogen-bond donors (Lipinski definition) is 1. The Hall–Kier alpha value is -4.20. The van der Waals surface area contributed by atoms with E-state index in [1.54, 1.807) is 10.9 Å². The third kappa shape index (κ3) is 3.90. The summed E-state index contributed by atoms with van der Waals surface area (Å²) in [5, 5.41) is 13.8. The van der Waals surface area contributed by atoms with Gasteiger partial charge in [0.25, 0.3) is 5.91 Å². The third-order valence-electron chi connectivity index (χ3n) is 5.44. The molecule has 160 valence electrons. The van der Waals surface area contributed by atoms with Gasteiger partial charge < -0.3 is 9.88 Å². The van der Waals surface area contributed by atoms with Crippen molar-refractivity contribution in [2.24, 2.45) is 5.10 Å². The summed E-state index contributed by atoms with van der Waals surface area (Å²) in [5.74, 6) is -0.569. The highest BCUT2D eigenvalue weighted by Gasteiger charge is 2.27. The Morgan fingerprint density at radius 3 is 2.66 bits per heavy atom. The molecule has 1 N–H and O–H groups in total. The maximum Gasteiger partial charge on any atom is 0.291 e. The lowest BCUT2D eigenvalue weighted by Gasteiger charge is -2.16. The Balaban J connectivity index is 1.43. The normalized spacial score (nSPS) is 13.6. The van der Waals surface area contributed by atoms with Crippen LogP contribution >= 0.6 is 0 Å². The monoisotopic (exact) mass is 426 g/mol. The van der Waals surface area contributed by atoms with Crippen LogP contribution in [-0.4, -0.2) is 50.0 Å². The van der Waals surface area contributed by atoms with E-state index in [2.05, 4.69) is 15.5 Å². The first-order chi connectivity index (χ1) is 15.7. The lowest BCUT2D eigenvalue weighted by Crippen LogP contribution is -2.39. The average molecular weight is 426 g/mol. The van der Waals surface area contributed by atoms with Crippen molar-refractivity contribution in [3.63, 3.8) is 0 Å². The quantitative estimate of drug-likeness (QED) is 0.514. The first-order valence-electron chi connectivity index (χ1n) is 10.5. The first-order valence-corrected chi connectivity index (χ1v) is 10.5. The zero-order chi connectivity index (χ0) is 21.9. The van der Waals surface area contributed by atoms with E-state index in [4.69, 9.17) is 0 Å². The van der Waals surface area contributed by atoms with Gasteiger partial charge in [0.1, 0.15) is 12.2 Å². The maximum absolute atomic E-state index is 13.4. The van der Waals surface area contributed by atoms with Gasteiger partial charge >= 0.3 is 0 Å². The molecule has 32 heavy (non-hydrogen) atoms. The minimum Gasteiger partial charge on any atom is -0.353 e. The van der Waals surface area contributed by atoms with Gasteiger partial charge in [-0.15, -0.1) is 0 Å². The molecule has 8 nitrogen and oxygen atoms in total.